The van der Waals surface area contributed by atoms with E-state index in [0.717, 1.165) is 27.8 Å². The molecule has 2 aromatic heterocycles. The summed E-state index contributed by atoms with van der Waals surface area (Å²) >= 11 is 0. The number of hydrogen-bond donors (Lipinski definition) is 0. The first-order valence-corrected chi connectivity index (χ1v) is 13.9. The molecule has 0 spiro atoms. The average molecular weight is 531 g/mol. The number of aromatic nitrogens is 4. The van der Waals surface area contributed by atoms with E-state index in [2.05, 4.69) is 21.2 Å². The van der Waals surface area contributed by atoms with Crippen LogP contribution in [0.3, 0.4) is 0 Å². The number of aryl methyl sites for hydroxylation is 1. The summed E-state index contributed by atoms with van der Waals surface area (Å²) in [7, 11) is -1.98. The number of anilines is 1. The molecule has 10 heteroatoms. The van der Waals surface area contributed by atoms with Gasteiger partial charge in [0.1, 0.15) is 10.7 Å². The molecule has 0 bridgehead atoms. The molecule has 1 saturated heterocycles. The third-order valence-electron chi connectivity index (χ3n) is 7.02. The van der Waals surface area contributed by atoms with Gasteiger partial charge in [-0.1, -0.05) is 30.3 Å². The van der Waals surface area contributed by atoms with Crippen LogP contribution in [0.2, 0.25) is 0 Å². The highest BCUT2D eigenvalue weighted by molar-refractivity contribution is 7.89. The Kier molecular flexibility index (Phi) is 6.21. The molecule has 0 saturated carbocycles. The fourth-order valence-corrected chi connectivity index (χ4v) is 6.71. The molecule has 1 aliphatic heterocycles. The van der Waals surface area contributed by atoms with Gasteiger partial charge < -0.3 is 4.90 Å². The molecule has 0 amide bonds. The fourth-order valence-electron chi connectivity index (χ4n) is 5.11. The lowest BCUT2D eigenvalue weighted by molar-refractivity contribution is 0.288. The van der Waals surface area contributed by atoms with Crippen molar-refractivity contribution in [3.8, 4) is 5.69 Å². The van der Waals surface area contributed by atoms with E-state index in [1.54, 1.807) is 40.6 Å². The maximum absolute atomic E-state index is 13.6. The predicted molar refractivity (Wildman–Crippen MR) is 144 cm³/mol. The molecule has 1 unspecified atom stereocenters. The zero-order chi connectivity index (χ0) is 26.3. The van der Waals surface area contributed by atoms with Gasteiger partial charge in [-0.3, -0.25) is 4.68 Å². The van der Waals surface area contributed by atoms with Gasteiger partial charge in [0.15, 0.2) is 0 Å². The van der Waals surface area contributed by atoms with E-state index in [1.165, 1.54) is 23.0 Å². The van der Waals surface area contributed by atoms with Crippen molar-refractivity contribution in [3.63, 3.8) is 0 Å². The van der Waals surface area contributed by atoms with E-state index in [1.807, 2.05) is 42.5 Å². The molecule has 0 radical (unpaired) electrons. The van der Waals surface area contributed by atoms with Crippen molar-refractivity contribution in [2.24, 2.45) is 7.05 Å². The summed E-state index contributed by atoms with van der Waals surface area (Å²) in [6, 6.07) is 22.1. The Bertz CT molecular complexity index is 1680. The van der Waals surface area contributed by atoms with Crippen LogP contribution >= 0.6 is 0 Å². The lowest BCUT2D eigenvalue weighted by atomic mass is 10.0. The van der Waals surface area contributed by atoms with E-state index >= 15 is 0 Å². The minimum absolute atomic E-state index is 0.209. The standard InChI is InChI=1S/C28H27FN6O2S/c1-32-20-27(18-30-32)38(36,37)34-14-13-33(19-26(34)15-21-5-3-2-4-6-21)25-11-12-28-22(16-25)17-31-35(28)24-9-7-23(29)8-10-24/h2-12,16-18,20,26H,13-15,19H2,1H3. The molecule has 6 rings (SSSR count). The van der Waals surface area contributed by atoms with Gasteiger partial charge in [-0.05, 0) is 54.4 Å². The molecular weight excluding hydrogens is 503 g/mol. The first-order valence-electron chi connectivity index (χ1n) is 12.4. The molecule has 194 valence electrons. The molecule has 38 heavy (non-hydrogen) atoms. The Morgan fingerprint density at radius 1 is 0.921 bits per heavy atom. The molecule has 0 aliphatic carbocycles. The van der Waals surface area contributed by atoms with E-state index < -0.39 is 10.0 Å². The van der Waals surface area contributed by atoms with Gasteiger partial charge >= 0.3 is 0 Å². The van der Waals surface area contributed by atoms with Gasteiger partial charge in [0.05, 0.1) is 23.6 Å². The molecule has 3 heterocycles. The van der Waals surface area contributed by atoms with Crippen molar-refractivity contribution in [2.75, 3.05) is 24.5 Å². The lowest BCUT2D eigenvalue weighted by Crippen LogP contribution is -2.56. The maximum Gasteiger partial charge on any atom is 0.246 e. The van der Waals surface area contributed by atoms with Gasteiger partial charge in [-0.25, -0.2) is 17.5 Å². The van der Waals surface area contributed by atoms with Crippen molar-refractivity contribution >= 4 is 26.6 Å². The van der Waals surface area contributed by atoms with Crippen molar-refractivity contribution < 1.29 is 12.8 Å². The predicted octanol–water partition coefficient (Wildman–Crippen LogP) is 4.02. The van der Waals surface area contributed by atoms with Crippen molar-refractivity contribution in [2.45, 2.75) is 17.4 Å². The van der Waals surface area contributed by atoms with Crippen LogP contribution in [0, 0.1) is 5.82 Å². The molecular formula is C28H27FN6O2S. The van der Waals surface area contributed by atoms with Crippen LogP contribution in [0.4, 0.5) is 10.1 Å². The second kappa shape index (κ2) is 9.70. The highest BCUT2D eigenvalue weighted by Crippen LogP contribution is 2.29. The number of rotatable bonds is 6. The number of nitrogens with zero attached hydrogens (tertiary/aromatic N) is 6. The average Bonchev–Trinajstić information content (AvgIpc) is 3.56. The number of hydrogen-bond acceptors (Lipinski definition) is 5. The van der Waals surface area contributed by atoms with Crippen LogP contribution in [0.25, 0.3) is 16.6 Å². The van der Waals surface area contributed by atoms with Crippen LogP contribution in [0.1, 0.15) is 5.56 Å². The summed E-state index contributed by atoms with van der Waals surface area (Å²) in [4.78, 5) is 2.44. The first-order chi connectivity index (χ1) is 18.4. The van der Waals surface area contributed by atoms with Gasteiger partial charge in [0, 0.05) is 50.0 Å². The van der Waals surface area contributed by atoms with Crippen LogP contribution in [-0.2, 0) is 23.5 Å². The molecule has 5 aromatic rings. The first kappa shape index (κ1) is 24.3. The van der Waals surface area contributed by atoms with Crippen LogP contribution in [0.15, 0.2) is 96.3 Å². The quantitative estimate of drug-likeness (QED) is 0.332. The van der Waals surface area contributed by atoms with Gasteiger partial charge in [-0.2, -0.15) is 14.5 Å². The monoisotopic (exact) mass is 530 g/mol. The number of sulfonamides is 1. The largest absolute Gasteiger partial charge is 0.369 e. The SMILES string of the molecule is Cn1cc(S(=O)(=O)N2CCN(c3ccc4c(cnn4-c4ccc(F)cc4)c3)CC2Cc2ccccc2)cn1. The topological polar surface area (TPSA) is 76.3 Å². The third kappa shape index (κ3) is 4.57. The zero-order valence-corrected chi connectivity index (χ0v) is 21.7. The fraction of sp³-hybridized carbons (Fsp3) is 0.214. The van der Waals surface area contributed by atoms with E-state index in [4.69, 9.17) is 0 Å². The van der Waals surface area contributed by atoms with Crippen LogP contribution in [0.5, 0.6) is 0 Å². The summed E-state index contributed by atoms with van der Waals surface area (Å²) in [5, 5.41) is 9.55. The Balaban J connectivity index is 1.30. The highest BCUT2D eigenvalue weighted by atomic mass is 32.2. The molecule has 1 fully saturated rings. The normalized spacial score (nSPS) is 16.8. The Labute approximate surface area is 220 Å². The van der Waals surface area contributed by atoms with Crippen molar-refractivity contribution in [3.05, 3.63) is 103 Å². The van der Waals surface area contributed by atoms with Crippen molar-refractivity contribution in [1.29, 1.82) is 0 Å². The maximum atomic E-state index is 13.6. The molecule has 3 aromatic carbocycles. The number of benzene rings is 3. The van der Waals surface area contributed by atoms with Crippen LogP contribution < -0.4 is 4.90 Å². The summed E-state index contributed by atoms with van der Waals surface area (Å²) in [6.45, 7) is 1.47. The van der Waals surface area contributed by atoms with Gasteiger partial charge in [0.25, 0.3) is 0 Å². The number of piperazine rings is 1. The Morgan fingerprint density at radius 3 is 2.42 bits per heavy atom. The molecule has 1 aliphatic rings. The molecule has 8 nitrogen and oxygen atoms in total. The number of fused-ring (bicyclic) bond motifs is 1. The van der Waals surface area contributed by atoms with Crippen molar-refractivity contribution in [1.82, 2.24) is 23.9 Å². The van der Waals surface area contributed by atoms with Gasteiger partial charge in [0.2, 0.25) is 10.0 Å². The zero-order valence-electron chi connectivity index (χ0n) is 20.9. The molecule has 1 atom stereocenters. The van der Waals surface area contributed by atoms with Gasteiger partial charge in [-0.15, -0.1) is 0 Å². The third-order valence-corrected chi connectivity index (χ3v) is 8.92. The number of halogens is 1. The Morgan fingerprint density at radius 2 is 1.68 bits per heavy atom. The Hall–Kier alpha value is -4.02. The minimum atomic E-state index is -3.70. The second-order valence-corrected chi connectivity index (χ2v) is 11.4. The smallest absolute Gasteiger partial charge is 0.246 e. The van der Waals surface area contributed by atoms with E-state index in [0.29, 0.717) is 26.1 Å². The molecule has 0 N–H and O–H groups in total. The summed E-state index contributed by atoms with van der Waals surface area (Å²) in [6.07, 6.45) is 5.36. The summed E-state index contributed by atoms with van der Waals surface area (Å²) < 4.78 is 45.5. The second-order valence-electron chi connectivity index (χ2n) is 9.53. The van der Waals surface area contributed by atoms with Crippen LogP contribution in [-0.4, -0.2) is 58.0 Å². The minimum Gasteiger partial charge on any atom is -0.369 e. The summed E-state index contributed by atoms with van der Waals surface area (Å²) in [5.41, 5.74) is 3.79. The van der Waals surface area contributed by atoms with E-state index in [9.17, 15) is 12.8 Å². The summed E-state index contributed by atoms with van der Waals surface area (Å²) in [5.74, 6) is -0.290. The highest BCUT2D eigenvalue weighted by Gasteiger charge is 2.37. The lowest BCUT2D eigenvalue weighted by Gasteiger charge is -2.41. The van der Waals surface area contributed by atoms with E-state index in [-0.39, 0.29) is 16.8 Å².